The van der Waals surface area contributed by atoms with E-state index in [0.29, 0.717) is 11.1 Å². The van der Waals surface area contributed by atoms with Crippen molar-refractivity contribution in [2.75, 3.05) is 5.75 Å². The average Bonchev–Trinajstić information content (AvgIpc) is 2.88. The predicted octanol–water partition coefficient (Wildman–Crippen LogP) is -0.552. The molecule has 3 amide bonds. The third-order valence-electron chi connectivity index (χ3n) is 5.45. The monoisotopic (exact) mass is 546 g/mol. The topological polar surface area (TPSA) is 208 Å². The maximum Gasteiger partial charge on any atom is 0.326 e. The van der Waals surface area contributed by atoms with Crippen LogP contribution in [0.5, 0.6) is 5.75 Å². The van der Waals surface area contributed by atoms with Gasteiger partial charge in [-0.1, -0.05) is 42.5 Å². The van der Waals surface area contributed by atoms with E-state index in [0.717, 1.165) is 0 Å². The van der Waals surface area contributed by atoms with Crippen LogP contribution in [0.15, 0.2) is 54.6 Å². The zero-order valence-corrected chi connectivity index (χ0v) is 21.1. The fourth-order valence-electron chi connectivity index (χ4n) is 3.42. The molecule has 0 bridgehead atoms. The maximum atomic E-state index is 13.3. The SMILES string of the molecule is NC(CS)C(=O)NC(Cc1ccccc1)C(=O)NC(Cc1ccc(O)cc1)C(=O)NC(CC(=O)O)C(=O)O. The van der Waals surface area contributed by atoms with E-state index in [9.17, 15) is 34.2 Å². The molecule has 0 fully saturated rings. The highest BCUT2D eigenvalue weighted by Gasteiger charge is 2.31. The maximum absolute atomic E-state index is 13.3. The van der Waals surface area contributed by atoms with Crippen LogP contribution < -0.4 is 21.7 Å². The Labute approximate surface area is 224 Å². The fourth-order valence-corrected chi connectivity index (χ4v) is 3.58. The van der Waals surface area contributed by atoms with E-state index in [4.69, 9.17) is 10.8 Å². The van der Waals surface area contributed by atoms with Crippen molar-refractivity contribution in [2.24, 2.45) is 5.73 Å². The molecule has 0 heterocycles. The smallest absolute Gasteiger partial charge is 0.326 e. The molecular weight excluding hydrogens is 516 g/mol. The number of carbonyl (C=O) groups is 5. The number of hydrogen-bond acceptors (Lipinski definition) is 8. The summed E-state index contributed by atoms with van der Waals surface area (Å²) in [5.41, 5.74) is 6.95. The number of phenols is 1. The summed E-state index contributed by atoms with van der Waals surface area (Å²) in [7, 11) is 0. The third-order valence-corrected chi connectivity index (χ3v) is 5.84. The molecule has 4 unspecified atom stereocenters. The summed E-state index contributed by atoms with van der Waals surface area (Å²) < 4.78 is 0. The Morgan fingerprint density at radius 2 is 1.21 bits per heavy atom. The number of carboxylic acids is 2. The van der Waals surface area contributed by atoms with Crippen LogP contribution in [0.3, 0.4) is 0 Å². The Kier molecular flexibility index (Phi) is 11.6. The van der Waals surface area contributed by atoms with Crippen molar-refractivity contribution >= 4 is 42.3 Å². The molecule has 2 aromatic carbocycles. The lowest BCUT2D eigenvalue weighted by Crippen LogP contribution is -2.58. The van der Waals surface area contributed by atoms with Gasteiger partial charge in [0.05, 0.1) is 12.5 Å². The van der Waals surface area contributed by atoms with Crippen molar-refractivity contribution in [1.82, 2.24) is 16.0 Å². The Bertz CT molecular complexity index is 1130. The number of nitrogens with one attached hydrogen (secondary N) is 3. The first kappa shape index (κ1) is 30.1. The van der Waals surface area contributed by atoms with E-state index in [2.05, 4.69) is 28.6 Å². The average molecular weight is 547 g/mol. The molecule has 38 heavy (non-hydrogen) atoms. The summed E-state index contributed by atoms with van der Waals surface area (Å²) >= 11 is 4.00. The van der Waals surface area contributed by atoms with Gasteiger partial charge in [0.15, 0.2) is 0 Å². The second-order valence-corrected chi connectivity index (χ2v) is 8.83. The zero-order chi connectivity index (χ0) is 28.2. The molecule has 0 saturated heterocycles. The summed E-state index contributed by atoms with van der Waals surface area (Å²) in [6, 6.07) is 9.28. The number of carbonyl (C=O) groups excluding carboxylic acids is 3. The van der Waals surface area contributed by atoms with Gasteiger partial charge >= 0.3 is 11.9 Å². The lowest BCUT2D eigenvalue weighted by molar-refractivity contribution is -0.147. The van der Waals surface area contributed by atoms with Gasteiger partial charge < -0.3 is 37.0 Å². The number of benzene rings is 2. The summed E-state index contributed by atoms with van der Waals surface area (Å²) in [6.45, 7) is 0. The lowest BCUT2D eigenvalue weighted by atomic mass is 10.0. The van der Waals surface area contributed by atoms with Crippen LogP contribution in [0.2, 0.25) is 0 Å². The van der Waals surface area contributed by atoms with Crippen LogP contribution in [0, 0.1) is 0 Å². The van der Waals surface area contributed by atoms with Crippen molar-refractivity contribution in [3.05, 3.63) is 65.7 Å². The van der Waals surface area contributed by atoms with Crippen LogP contribution in [-0.2, 0) is 36.8 Å². The molecule has 0 saturated carbocycles. The predicted molar refractivity (Wildman–Crippen MR) is 139 cm³/mol. The van der Waals surface area contributed by atoms with Gasteiger partial charge in [0.2, 0.25) is 17.7 Å². The number of amides is 3. The lowest BCUT2D eigenvalue weighted by Gasteiger charge is -2.25. The van der Waals surface area contributed by atoms with Gasteiger partial charge in [-0.25, -0.2) is 4.79 Å². The number of phenolic OH excluding ortho intramolecular Hbond substituents is 1. The minimum absolute atomic E-state index is 0.0253. The summed E-state index contributed by atoms with van der Waals surface area (Å²) in [6.07, 6.45) is -0.948. The van der Waals surface area contributed by atoms with Gasteiger partial charge in [-0.05, 0) is 23.3 Å². The molecule has 12 nitrogen and oxygen atoms in total. The number of aliphatic carboxylic acids is 2. The quantitative estimate of drug-likeness (QED) is 0.143. The van der Waals surface area contributed by atoms with E-state index in [-0.39, 0.29) is 24.3 Å². The van der Waals surface area contributed by atoms with Gasteiger partial charge in [0, 0.05) is 18.6 Å². The molecule has 2 rings (SSSR count). The van der Waals surface area contributed by atoms with Gasteiger partial charge in [0.1, 0.15) is 23.9 Å². The number of carboxylic acid groups (broad SMARTS) is 2. The van der Waals surface area contributed by atoms with Crippen LogP contribution in [0.25, 0.3) is 0 Å². The van der Waals surface area contributed by atoms with Crippen molar-refractivity contribution in [3.63, 3.8) is 0 Å². The molecule has 4 atom stereocenters. The Hall–Kier alpha value is -4.10. The molecule has 13 heteroatoms. The third kappa shape index (κ3) is 9.75. The first-order valence-electron chi connectivity index (χ1n) is 11.5. The van der Waals surface area contributed by atoms with Gasteiger partial charge in [-0.3, -0.25) is 19.2 Å². The molecule has 0 aromatic heterocycles. The first-order valence-corrected chi connectivity index (χ1v) is 12.2. The summed E-state index contributed by atoms with van der Waals surface area (Å²) in [5.74, 6) is -5.35. The molecule has 0 aliphatic heterocycles. The van der Waals surface area contributed by atoms with Gasteiger partial charge in [0.25, 0.3) is 0 Å². The second kappa shape index (κ2) is 14.6. The Morgan fingerprint density at radius 3 is 1.68 bits per heavy atom. The largest absolute Gasteiger partial charge is 0.508 e. The normalized spacial score (nSPS) is 13.8. The molecule has 0 aliphatic carbocycles. The Balaban J connectivity index is 2.32. The number of thiol groups is 1. The number of rotatable bonds is 14. The van der Waals surface area contributed by atoms with Gasteiger partial charge in [-0.2, -0.15) is 12.6 Å². The van der Waals surface area contributed by atoms with Crippen LogP contribution >= 0.6 is 12.6 Å². The highest BCUT2D eigenvalue weighted by Crippen LogP contribution is 2.12. The van der Waals surface area contributed by atoms with E-state index >= 15 is 0 Å². The van der Waals surface area contributed by atoms with E-state index in [1.807, 2.05) is 0 Å². The van der Waals surface area contributed by atoms with Crippen molar-refractivity contribution in [3.8, 4) is 5.75 Å². The van der Waals surface area contributed by atoms with Crippen molar-refractivity contribution in [2.45, 2.75) is 43.4 Å². The first-order chi connectivity index (χ1) is 18.0. The van der Waals surface area contributed by atoms with E-state index < -0.39 is 60.2 Å². The number of nitrogens with two attached hydrogens (primary N) is 1. The molecule has 2 aromatic rings. The van der Waals surface area contributed by atoms with Crippen LogP contribution in [-0.4, -0.2) is 74.9 Å². The highest BCUT2D eigenvalue weighted by atomic mass is 32.1. The molecule has 0 spiro atoms. The summed E-state index contributed by atoms with van der Waals surface area (Å²) in [5, 5.41) is 35.1. The van der Waals surface area contributed by atoms with E-state index in [1.165, 1.54) is 24.3 Å². The molecule has 0 radical (unpaired) electrons. The minimum Gasteiger partial charge on any atom is -0.508 e. The standard InChI is InChI=1S/C25H30N4O8S/c26-17(13-38)22(33)27-18(10-14-4-2-1-3-5-14)23(34)28-19(11-15-6-8-16(30)9-7-15)24(35)29-20(25(36)37)12-21(31)32/h1-9,17-20,30,38H,10-13,26H2,(H,27,33)(H,28,34)(H,29,35)(H,31,32)(H,36,37). The zero-order valence-electron chi connectivity index (χ0n) is 20.2. The van der Waals surface area contributed by atoms with Crippen molar-refractivity contribution < 1.29 is 39.3 Å². The van der Waals surface area contributed by atoms with Crippen molar-refractivity contribution in [1.29, 1.82) is 0 Å². The fraction of sp³-hybridized carbons (Fsp3) is 0.320. The number of hydrogen-bond donors (Lipinski definition) is 8. The van der Waals surface area contributed by atoms with Gasteiger partial charge in [-0.15, -0.1) is 0 Å². The minimum atomic E-state index is -1.74. The molecule has 0 aliphatic rings. The molecular formula is C25H30N4O8S. The van der Waals surface area contributed by atoms with E-state index in [1.54, 1.807) is 30.3 Å². The highest BCUT2D eigenvalue weighted by molar-refractivity contribution is 7.80. The number of aromatic hydroxyl groups is 1. The molecule has 204 valence electrons. The van der Waals surface area contributed by atoms with Crippen LogP contribution in [0.1, 0.15) is 17.5 Å². The summed E-state index contributed by atoms with van der Waals surface area (Å²) in [4.78, 5) is 61.4. The Morgan fingerprint density at radius 1 is 0.737 bits per heavy atom. The van der Waals surface area contributed by atoms with Crippen LogP contribution in [0.4, 0.5) is 0 Å². The molecule has 8 N–H and O–H groups in total. The second-order valence-electron chi connectivity index (χ2n) is 8.47.